The zero-order valence-electron chi connectivity index (χ0n) is 7.33. The lowest BCUT2D eigenvalue weighted by Crippen LogP contribution is -2.13. The van der Waals surface area contributed by atoms with Gasteiger partial charge in [0.25, 0.3) is 0 Å². The third-order valence-corrected chi connectivity index (χ3v) is 2.35. The zero-order chi connectivity index (χ0) is 9.10. The van der Waals surface area contributed by atoms with Crippen molar-refractivity contribution in [2.24, 2.45) is 0 Å². The lowest BCUT2D eigenvalue weighted by molar-refractivity contribution is 0.645. The van der Waals surface area contributed by atoms with E-state index in [1.54, 1.807) is 6.20 Å². The average molecular weight is 173 g/mol. The first kappa shape index (κ1) is 8.21. The van der Waals surface area contributed by atoms with Gasteiger partial charge in [0.15, 0.2) is 0 Å². The van der Waals surface area contributed by atoms with Crippen LogP contribution in [0, 0.1) is 11.3 Å². The molecule has 0 unspecified atom stereocenters. The van der Waals surface area contributed by atoms with Gasteiger partial charge in [-0.3, -0.25) is 4.98 Å². The van der Waals surface area contributed by atoms with E-state index >= 15 is 0 Å². The Balaban J connectivity index is 2.25. The molecular formula is C10H11N3. The molecule has 0 saturated carbocycles. The molecule has 1 aromatic rings. The molecule has 66 valence electrons. The maximum absolute atomic E-state index is 8.69. The highest BCUT2D eigenvalue weighted by molar-refractivity contribution is 5.30. The summed E-state index contributed by atoms with van der Waals surface area (Å²) in [5.74, 6) is 0. The third kappa shape index (κ3) is 1.68. The Morgan fingerprint density at radius 1 is 1.54 bits per heavy atom. The number of nitrogens with zero attached hydrogens (tertiary/aromatic N) is 2. The van der Waals surface area contributed by atoms with Gasteiger partial charge < -0.3 is 5.32 Å². The highest BCUT2D eigenvalue weighted by Gasteiger charge is 2.16. The summed E-state index contributed by atoms with van der Waals surface area (Å²) in [6.45, 7) is 1.07. The SMILES string of the molecule is N#Cc1cncc([C@@H]2CCCN2)c1. The van der Waals surface area contributed by atoms with E-state index in [4.69, 9.17) is 5.26 Å². The molecule has 1 N–H and O–H groups in total. The minimum absolute atomic E-state index is 0.404. The Bertz CT molecular complexity index is 334. The van der Waals surface area contributed by atoms with Gasteiger partial charge >= 0.3 is 0 Å². The fraction of sp³-hybridized carbons (Fsp3) is 0.400. The molecule has 2 rings (SSSR count). The van der Waals surface area contributed by atoms with Crippen molar-refractivity contribution in [3.05, 3.63) is 29.6 Å². The van der Waals surface area contributed by atoms with Crippen LogP contribution in [0.5, 0.6) is 0 Å². The maximum atomic E-state index is 8.69. The Labute approximate surface area is 77.4 Å². The predicted molar refractivity (Wildman–Crippen MR) is 48.9 cm³/mol. The van der Waals surface area contributed by atoms with Gasteiger partial charge in [-0.2, -0.15) is 5.26 Å². The normalized spacial score (nSPS) is 21.3. The van der Waals surface area contributed by atoms with Gasteiger partial charge in [0.1, 0.15) is 6.07 Å². The number of hydrogen-bond donors (Lipinski definition) is 1. The van der Waals surface area contributed by atoms with E-state index in [2.05, 4.69) is 16.4 Å². The molecule has 3 nitrogen and oxygen atoms in total. The van der Waals surface area contributed by atoms with Crippen molar-refractivity contribution in [1.82, 2.24) is 10.3 Å². The summed E-state index contributed by atoms with van der Waals surface area (Å²) < 4.78 is 0. The van der Waals surface area contributed by atoms with Crippen molar-refractivity contribution in [2.75, 3.05) is 6.54 Å². The van der Waals surface area contributed by atoms with Gasteiger partial charge in [-0.05, 0) is 31.0 Å². The molecule has 1 aromatic heterocycles. The molecule has 0 aromatic carbocycles. The topological polar surface area (TPSA) is 48.7 Å². The van der Waals surface area contributed by atoms with Crippen molar-refractivity contribution in [3.8, 4) is 6.07 Å². The van der Waals surface area contributed by atoms with Crippen molar-refractivity contribution in [2.45, 2.75) is 18.9 Å². The van der Waals surface area contributed by atoms with Crippen LogP contribution in [0.2, 0.25) is 0 Å². The summed E-state index contributed by atoms with van der Waals surface area (Å²) >= 11 is 0. The summed E-state index contributed by atoms with van der Waals surface area (Å²) in [6.07, 6.45) is 5.79. The van der Waals surface area contributed by atoms with Crippen LogP contribution in [0.25, 0.3) is 0 Å². The van der Waals surface area contributed by atoms with Gasteiger partial charge in [0.05, 0.1) is 5.56 Å². The van der Waals surface area contributed by atoms with Crippen LogP contribution in [0.15, 0.2) is 18.5 Å². The molecule has 0 aliphatic carbocycles. The average Bonchev–Trinajstić information content (AvgIpc) is 2.71. The van der Waals surface area contributed by atoms with E-state index in [0.29, 0.717) is 11.6 Å². The molecule has 1 fully saturated rings. The van der Waals surface area contributed by atoms with Crippen LogP contribution >= 0.6 is 0 Å². The Morgan fingerprint density at radius 2 is 2.46 bits per heavy atom. The first-order valence-corrected chi connectivity index (χ1v) is 4.48. The van der Waals surface area contributed by atoms with Gasteiger partial charge in [-0.25, -0.2) is 0 Å². The second-order valence-electron chi connectivity index (χ2n) is 3.27. The molecule has 3 heteroatoms. The van der Waals surface area contributed by atoms with E-state index < -0.39 is 0 Å². The molecule has 2 heterocycles. The van der Waals surface area contributed by atoms with E-state index in [9.17, 15) is 0 Å². The molecule has 1 aliphatic rings. The highest BCUT2D eigenvalue weighted by atomic mass is 14.9. The molecule has 13 heavy (non-hydrogen) atoms. The van der Waals surface area contributed by atoms with Gasteiger partial charge in [-0.15, -0.1) is 0 Å². The van der Waals surface area contributed by atoms with Crippen LogP contribution in [0.1, 0.15) is 30.0 Å². The second kappa shape index (κ2) is 3.55. The van der Waals surface area contributed by atoms with Gasteiger partial charge in [0, 0.05) is 18.4 Å². The fourth-order valence-corrected chi connectivity index (χ4v) is 1.68. The number of nitrogens with one attached hydrogen (secondary N) is 1. The quantitative estimate of drug-likeness (QED) is 0.698. The first-order chi connectivity index (χ1) is 6.40. The number of pyridine rings is 1. The number of aromatic nitrogens is 1. The van der Waals surface area contributed by atoms with E-state index in [-0.39, 0.29) is 0 Å². The standard InChI is InChI=1S/C10H11N3/c11-5-8-4-9(7-12-6-8)10-2-1-3-13-10/h4,6-7,10,13H,1-3H2/t10-/m0/s1. The van der Waals surface area contributed by atoms with Crippen LogP contribution in [-0.4, -0.2) is 11.5 Å². The Hall–Kier alpha value is -1.40. The van der Waals surface area contributed by atoms with E-state index in [1.165, 1.54) is 6.42 Å². The minimum atomic E-state index is 0.404. The Morgan fingerprint density at radius 3 is 3.15 bits per heavy atom. The lowest BCUT2D eigenvalue weighted by atomic mass is 10.1. The maximum Gasteiger partial charge on any atom is 0.101 e. The number of hydrogen-bond acceptors (Lipinski definition) is 3. The smallest absolute Gasteiger partial charge is 0.101 e. The summed E-state index contributed by atoms with van der Waals surface area (Å²) in [4.78, 5) is 4.04. The molecule has 1 aliphatic heterocycles. The van der Waals surface area contributed by atoms with Crippen LogP contribution in [0.4, 0.5) is 0 Å². The molecule has 0 radical (unpaired) electrons. The van der Waals surface area contributed by atoms with Crippen LogP contribution in [0.3, 0.4) is 0 Å². The molecular weight excluding hydrogens is 162 g/mol. The number of rotatable bonds is 1. The highest BCUT2D eigenvalue weighted by Crippen LogP contribution is 2.22. The molecule has 0 bridgehead atoms. The van der Waals surface area contributed by atoms with Crippen LogP contribution in [-0.2, 0) is 0 Å². The third-order valence-electron chi connectivity index (χ3n) is 2.35. The van der Waals surface area contributed by atoms with Gasteiger partial charge in [-0.1, -0.05) is 0 Å². The summed E-state index contributed by atoms with van der Waals surface area (Å²) in [5.41, 5.74) is 1.78. The lowest BCUT2D eigenvalue weighted by Gasteiger charge is -2.09. The predicted octanol–water partition coefficient (Wildman–Crippen LogP) is 1.38. The summed E-state index contributed by atoms with van der Waals surface area (Å²) in [7, 11) is 0. The molecule has 0 amide bonds. The van der Waals surface area contributed by atoms with Crippen LogP contribution < -0.4 is 5.32 Å². The Kier molecular flexibility index (Phi) is 2.24. The fourth-order valence-electron chi connectivity index (χ4n) is 1.68. The van der Waals surface area contributed by atoms with Crippen molar-refractivity contribution < 1.29 is 0 Å². The summed E-state index contributed by atoms with van der Waals surface area (Å²) in [6, 6.07) is 4.42. The number of nitriles is 1. The summed E-state index contributed by atoms with van der Waals surface area (Å²) in [5, 5.41) is 12.1. The zero-order valence-corrected chi connectivity index (χ0v) is 7.33. The second-order valence-corrected chi connectivity index (χ2v) is 3.27. The van der Waals surface area contributed by atoms with E-state index in [1.807, 2.05) is 12.3 Å². The van der Waals surface area contributed by atoms with Crippen molar-refractivity contribution in [1.29, 1.82) is 5.26 Å². The largest absolute Gasteiger partial charge is 0.310 e. The van der Waals surface area contributed by atoms with Crippen molar-refractivity contribution >= 4 is 0 Å². The monoisotopic (exact) mass is 173 g/mol. The molecule has 0 spiro atoms. The first-order valence-electron chi connectivity index (χ1n) is 4.48. The molecule has 1 atom stereocenters. The van der Waals surface area contributed by atoms with Gasteiger partial charge in [0.2, 0.25) is 0 Å². The van der Waals surface area contributed by atoms with Crippen molar-refractivity contribution in [3.63, 3.8) is 0 Å². The minimum Gasteiger partial charge on any atom is -0.310 e. The van der Waals surface area contributed by atoms with E-state index in [0.717, 1.165) is 18.5 Å². The molecule has 1 saturated heterocycles.